The molecule has 0 bridgehead atoms. The zero-order valence-electron chi connectivity index (χ0n) is 11.1. The number of hydrogen-bond donors (Lipinski definition) is 1. The Kier molecular flexibility index (Phi) is 4.94. The van der Waals surface area contributed by atoms with Gasteiger partial charge in [0.15, 0.2) is 5.82 Å². The van der Waals surface area contributed by atoms with Gasteiger partial charge in [-0.25, -0.2) is 0 Å². The van der Waals surface area contributed by atoms with Gasteiger partial charge >= 0.3 is 0 Å². The average molecular weight is 307 g/mol. The molecule has 1 aliphatic rings. The number of hydrogen-bond acceptors (Lipinski definition) is 6. The largest absolute Gasteiger partial charge is 0.309 e. The van der Waals surface area contributed by atoms with Crippen LogP contribution in [0.25, 0.3) is 5.69 Å². The van der Waals surface area contributed by atoms with Gasteiger partial charge in [0.05, 0.1) is 12.2 Å². The second kappa shape index (κ2) is 7.10. The molecular formula is C13H17N5S2. The third kappa shape index (κ3) is 3.53. The first-order valence-electron chi connectivity index (χ1n) is 6.66. The fraction of sp³-hybridized carbons (Fsp3) is 0.462. The highest BCUT2D eigenvalue weighted by Gasteiger charge is 2.14. The molecule has 0 spiro atoms. The van der Waals surface area contributed by atoms with Crippen LogP contribution in [-0.2, 0) is 6.54 Å². The fourth-order valence-electron chi connectivity index (χ4n) is 2.09. The van der Waals surface area contributed by atoms with Crippen molar-refractivity contribution in [3.63, 3.8) is 0 Å². The Balaban J connectivity index is 1.57. The molecule has 1 fully saturated rings. The number of nitrogens with zero attached hydrogens (tertiary/aromatic N) is 4. The summed E-state index contributed by atoms with van der Waals surface area (Å²) in [5, 5.41) is 16.1. The maximum absolute atomic E-state index is 4.10. The van der Waals surface area contributed by atoms with Crippen LogP contribution >= 0.6 is 23.5 Å². The Morgan fingerprint density at radius 2 is 2.15 bits per heavy atom. The summed E-state index contributed by atoms with van der Waals surface area (Å²) in [6.07, 6.45) is 0. The summed E-state index contributed by atoms with van der Waals surface area (Å²) in [5.41, 5.74) is 0.997. The first kappa shape index (κ1) is 13.9. The minimum absolute atomic E-state index is 0.698. The lowest BCUT2D eigenvalue weighted by Crippen LogP contribution is -2.29. The molecule has 0 radical (unpaired) electrons. The maximum atomic E-state index is 4.10. The lowest BCUT2D eigenvalue weighted by molar-refractivity contribution is 0.640. The predicted molar refractivity (Wildman–Crippen MR) is 84.4 cm³/mol. The van der Waals surface area contributed by atoms with Crippen LogP contribution in [0.4, 0.5) is 0 Å². The molecular weight excluding hydrogens is 290 g/mol. The third-order valence-corrected chi connectivity index (χ3v) is 5.92. The number of aromatic nitrogens is 4. The Morgan fingerprint density at radius 3 is 2.95 bits per heavy atom. The maximum Gasteiger partial charge on any atom is 0.170 e. The van der Waals surface area contributed by atoms with Crippen molar-refractivity contribution in [2.24, 2.45) is 0 Å². The summed E-state index contributed by atoms with van der Waals surface area (Å²) >= 11 is 4.10. The molecule has 0 aliphatic carbocycles. The lowest BCUT2D eigenvalue weighted by Gasteiger charge is -2.20. The highest BCUT2D eigenvalue weighted by Crippen LogP contribution is 2.23. The molecule has 1 aromatic carbocycles. The van der Waals surface area contributed by atoms with Gasteiger partial charge < -0.3 is 5.32 Å². The molecule has 20 heavy (non-hydrogen) atoms. The van der Waals surface area contributed by atoms with Gasteiger partial charge in [-0.3, -0.25) is 0 Å². The summed E-state index contributed by atoms with van der Waals surface area (Å²) in [4.78, 5) is 0. The van der Waals surface area contributed by atoms with Crippen molar-refractivity contribution in [3.8, 4) is 5.69 Å². The van der Waals surface area contributed by atoms with E-state index in [-0.39, 0.29) is 0 Å². The van der Waals surface area contributed by atoms with Crippen molar-refractivity contribution in [2.45, 2.75) is 11.8 Å². The number of para-hydroxylation sites is 1. The smallest absolute Gasteiger partial charge is 0.170 e. The van der Waals surface area contributed by atoms with Gasteiger partial charge in [-0.15, -0.1) is 5.10 Å². The van der Waals surface area contributed by atoms with Crippen molar-refractivity contribution in [1.29, 1.82) is 0 Å². The van der Waals surface area contributed by atoms with Crippen LogP contribution in [0.5, 0.6) is 0 Å². The number of tetrazole rings is 1. The molecule has 7 heteroatoms. The minimum atomic E-state index is 0.698. The van der Waals surface area contributed by atoms with E-state index in [4.69, 9.17) is 0 Å². The molecule has 3 rings (SSSR count). The molecule has 1 atom stereocenters. The summed E-state index contributed by atoms with van der Waals surface area (Å²) in [5.74, 6) is 4.64. The first-order valence-corrected chi connectivity index (χ1v) is 8.86. The van der Waals surface area contributed by atoms with Crippen LogP contribution in [0.3, 0.4) is 0 Å². The Hall–Kier alpha value is -1.05. The van der Waals surface area contributed by atoms with Crippen LogP contribution in [0.2, 0.25) is 0 Å². The van der Waals surface area contributed by atoms with E-state index in [1.807, 2.05) is 42.1 Å². The van der Waals surface area contributed by atoms with Gasteiger partial charge in [0.25, 0.3) is 0 Å². The van der Waals surface area contributed by atoms with E-state index in [1.165, 1.54) is 17.3 Å². The van der Waals surface area contributed by atoms with Crippen LogP contribution in [-0.4, -0.2) is 49.3 Å². The number of benzene rings is 1. The summed E-state index contributed by atoms with van der Waals surface area (Å²) < 4.78 is 1.79. The predicted octanol–water partition coefficient (Wildman–Crippen LogP) is 1.60. The minimum Gasteiger partial charge on any atom is -0.309 e. The number of rotatable bonds is 5. The zero-order chi connectivity index (χ0) is 13.6. The monoisotopic (exact) mass is 307 g/mol. The van der Waals surface area contributed by atoms with Gasteiger partial charge in [-0.2, -0.15) is 28.2 Å². The Morgan fingerprint density at radius 1 is 1.25 bits per heavy atom. The van der Waals surface area contributed by atoms with E-state index in [1.54, 1.807) is 4.68 Å². The highest BCUT2D eigenvalue weighted by molar-refractivity contribution is 8.06. The van der Waals surface area contributed by atoms with Crippen molar-refractivity contribution < 1.29 is 0 Å². The topological polar surface area (TPSA) is 55.6 Å². The molecule has 0 saturated carbocycles. The van der Waals surface area contributed by atoms with E-state index in [0.717, 1.165) is 18.1 Å². The quantitative estimate of drug-likeness (QED) is 0.905. The summed E-state index contributed by atoms with van der Waals surface area (Å²) in [6.45, 7) is 1.71. The van der Waals surface area contributed by atoms with Gasteiger partial charge in [0.2, 0.25) is 0 Å². The lowest BCUT2D eigenvalue weighted by atomic mass is 10.3. The van der Waals surface area contributed by atoms with Crippen molar-refractivity contribution in [1.82, 2.24) is 25.5 Å². The molecule has 2 aromatic rings. The third-order valence-electron chi connectivity index (χ3n) is 3.07. The SMILES string of the molecule is c1ccc(-n2nnnc2CNCC2CSCCS2)cc1. The normalized spacial score (nSPS) is 19.1. The van der Waals surface area contributed by atoms with E-state index in [2.05, 4.69) is 32.6 Å². The molecule has 1 unspecified atom stereocenters. The number of thioether (sulfide) groups is 2. The van der Waals surface area contributed by atoms with E-state index < -0.39 is 0 Å². The second-order valence-corrected chi connectivity index (χ2v) is 7.10. The molecule has 2 heterocycles. The number of nitrogens with one attached hydrogen (secondary N) is 1. The summed E-state index contributed by atoms with van der Waals surface area (Å²) in [7, 11) is 0. The Labute approximate surface area is 126 Å². The highest BCUT2D eigenvalue weighted by atomic mass is 32.2. The molecule has 5 nitrogen and oxygen atoms in total. The van der Waals surface area contributed by atoms with Crippen LogP contribution in [0.1, 0.15) is 5.82 Å². The first-order chi connectivity index (χ1) is 9.93. The van der Waals surface area contributed by atoms with Gasteiger partial charge in [-0.05, 0) is 22.6 Å². The molecule has 0 amide bonds. The van der Waals surface area contributed by atoms with Gasteiger partial charge in [0, 0.05) is 29.1 Å². The molecule has 1 aromatic heterocycles. The van der Waals surface area contributed by atoms with Crippen molar-refractivity contribution >= 4 is 23.5 Å². The van der Waals surface area contributed by atoms with Crippen LogP contribution in [0, 0.1) is 0 Å². The molecule has 1 saturated heterocycles. The van der Waals surface area contributed by atoms with E-state index in [0.29, 0.717) is 11.8 Å². The average Bonchev–Trinajstić information content (AvgIpc) is 2.98. The van der Waals surface area contributed by atoms with Gasteiger partial charge in [0.1, 0.15) is 0 Å². The van der Waals surface area contributed by atoms with Crippen LogP contribution < -0.4 is 5.32 Å². The van der Waals surface area contributed by atoms with E-state index in [9.17, 15) is 0 Å². The molecule has 106 valence electrons. The van der Waals surface area contributed by atoms with Gasteiger partial charge in [-0.1, -0.05) is 18.2 Å². The Bertz CT molecular complexity index is 525. The zero-order valence-corrected chi connectivity index (χ0v) is 12.7. The van der Waals surface area contributed by atoms with Crippen LogP contribution in [0.15, 0.2) is 30.3 Å². The molecule has 1 aliphatic heterocycles. The fourth-order valence-corrected chi connectivity index (χ4v) is 4.73. The second-order valence-electron chi connectivity index (χ2n) is 4.54. The molecule has 1 N–H and O–H groups in total. The van der Waals surface area contributed by atoms with E-state index >= 15 is 0 Å². The standard InChI is InChI=1S/C13H17N5S2/c1-2-4-11(5-3-1)18-13(15-16-17-18)9-14-8-12-10-19-6-7-20-12/h1-5,12,14H,6-10H2. The van der Waals surface area contributed by atoms with Crippen molar-refractivity contribution in [2.75, 3.05) is 23.8 Å². The van der Waals surface area contributed by atoms with Crippen molar-refractivity contribution in [3.05, 3.63) is 36.2 Å². The summed E-state index contributed by atoms with van der Waals surface area (Å²) in [6, 6.07) is 9.99.